The minimum Gasteiger partial charge on any atom is -0.306 e. The molecule has 112 valence electrons. The zero-order chi connectivity index (χ0) is 15.4. The molecule has 0 aliphatic rings. The number of halogens is 3. The molecule has 5 heteroatoms. The predicted molar refractivity (Wildman–Crippen MR) is 75.4 cm³/mol. The first-order chi connectivity index (χ1) is 10.0. The molecule has 0 fully saturated rings. The van der Waals surface area contributed by atoms with Crippen LogP contribution in [0.15, 0.2) is 30.5 Å². The molecule has 2 nitrogen and oxygen atoms in total. The van der Waals surface area contributed by atoms with E-state index in [0.29, 0.717) is 6.54 Å². The van der Waals surface area contributed by atoms with Gasteiger partial charge in [0.05, 0.1) is 6.04 Å². The lowest BCUT2D eigenvalue weighted by atomic mass is 9.98. The van der Waals surface area contributed by atoms with Crippen LogP contribution in [0, 0.1) is 24.4 Å². The Kier molecular flexibility index (Phi) is 4.96. The Morgan fingerprint density at radius 3 is 2.57 bits per heavy atom. The van der Waals surface area contributed by atoms with Crippen LogP contribution in [-0.2, 0) is 0 Å². The zero-order valence-corrected chi connectivity index (χ0v) is 12.0. The van der Waals surface area contributed by atoms with Crippen molar-refractivity contribution in [1.82, 2.24) is 10.3 Å². The van der Waals surface area contributed by atoms with Crippen LogP contribution in [0.5, 0.6) is 0 Å². The number of hydrogen-bond acceptors (Lipinski definition) is 2. The van der Waals surface area contributed by atoms with Crippen molar-refractivity contribution in [3.05, 3.63) is 64.7 Å². The molecule has 21 heavy (non-hydrogen) atoms. The molecule has 0 spiro atoms. The van der Waals surface area contributed by atoms with E-state index in [1.54, 1.807) is 18.3 Å². The topological polar surface area (TPSA) is 24.9 Å². The smallest absolute Gasteiger partial charge is 0.194 e. The second-order valence-electron chi connectivity index (χ2n) is 4.88. The van der Waals surface area contributed by atoms with Gasteiger partial charge in [0.25, 0.3) is 0 Å². The summed E-state index contributed by atoms with van der Waals surface area (Å²) in [6.45, 7) is 4.43. The van der Waals surface area contributed by atoms with Gasteiger partial charge < -0.3 is 5.32 Å². The summed E-state index contributed by atoms with van der Waals surface area (Å²) < 4.78 is 40.6. The minimum absolute atomic E-state index is 0.0907. The predicted octanol–water partition coefficient (Wildman–Crippen LogP) is 3.90. The molecule has 0 saturated heterocycles. The SMILES string of the molecule is CCCNC(c1ccnc(C)c1)c1ccc(F)c(F)c1F. The summed E-state index contributed by atoms with van der Waals surface area (Å²) in [5.74, 6) is -3.78. The van der Waals surface area contributed by atoms with Gasteiger partial charge in [-0.3, -0.25) is 4.98 Å². The number of pyridine rings is 1. The molecular weight excluding hydrogens is 277 g/mol. The van der Waals surface area contributed by atoms with Gasteiger partial charge in [0.1, 0.15) is 0 Å². The molecule has 0 aliphatic heterocycles. The molecule has 1 unspecified atom stereocenters. The van der Waals surface area contributed by atoms with Gasteiger partial charge in [-0.15, -0.1) is 0 Å². The van der Waals surface area contributed by atoms with Crippen molar-refractivity contribution in [2.75, 3.05) is 6.54 Å². The summed E-state index contributed by atoms with van der Waals surface area (Å²) in [5, 5.41) is 3.16. The molecule has 1 aromatic carbocycles. The Morgan fingerprint density at radius 1 is 1.14 bits per heavy atom. The highest BCUT2D eigenvalue weighted by Crippen LogP contribution is 2.27. The fourth-order valence-electron chi connectivity index (χ4n) is 2.21. The largest absolute Gasteiger partial charge is 0.306 e. The van der Waals surface area contributed by atoms with Crippen molar-refractivity contribution in [2.45, 2.75) is 26.3 Å². The molecule has 0 radical (unpaired) electrons. The summed E-state index contributed by atoms with van der Waals surface area (Å²) in [7, 11) is 0. The number of aromatic nitrogens is 1. The van der Waals surface area contributed by atoms with Gasteiger partial charge in [-0.05, 0) is 43.7 Å². The van der Waals surface area contributed by atoms with Crippen molar-refractivity contribution in [1.29, 1.82) is 0 Å². The Morgan fingerprint density at radius 2 is 1.90 bits per heavy atom. The molecule has 1 N–H and O–H groups in total. The lowest BCUT2D eigenvalue weighted by Crippen LogP contribution is -2.24. The molecule has 2 rings (SSSR count). The fraction of sp³-hybridized carbons (Fsp3) is 0.312. The lowest BCUT2D eigenvalue weighted by Gasteiger charge is -2.20. The fourth-order valence-corrected chi connectivity index (χ4v) is 2.21. The molecule has 2 aromatic rings. The van der Waals surface area contributed by atoms with E-state index in [-0.39, 0.29) is 5.56 Å². The van der Waals surface area contributed by atoms with Crippen molar-refractivity contribution in [3.8, 4) is 0 Å². The molecule has 1 heterocycles. The van der Waals surface area contributed by atoms with Crippen molar-refractivity contribution in [3.63, 3.8) is 0 Å². The maximum Gasteiger partial charge on any atom is 0.194 e. The Labute approximate surface area is 122 Å². The number of aryl methyl sites for hydroxylation is 1. The van der Waals surface area contributed by atoms with Crippen LogP contribution >= 0.6 is 0 Å². The standard InChI is InChI=1S/C16H17F3N2/c1-3-7-21-16(11-6-8-20-10(2)9-11)12-4-5-13(17)15(19)14(12)18/h4-6,8-9,16,21H,3,7H2,1-2H3. The van der Waals surface area contributed by atoms with E-state index in [1.807, 2.05) is 13.8 Å². The van der Waals surface area contributed by atoms with Crippen molar-refractivity contribution < 1.29 is 13.2 Å². The van der Waals surface area contributed by atoms with Gasteiger partial charge in [0.2, 0.25) is 0 Å². The molecule has 1 aromatic heterocycles. The van der Waals surface area contributed by atoms with E-state index in [9.17, 15) is 13.2 Å². The van der Waals surface area contributed by atoms with E-state index in [2.05, 4.69) is 10.3 Å². The molecule has 0 amide bonds. The lowest BCUT2D eigenvalue weighted by molar-refractivity contribution is 0.432. The van der Waals surface area contributed by atoms with Gasteiger partial charge in [-0.2, -0.15) is 0 Å². The first kappa shape index (κ1) is 15.5. The van der Waals surface area contributed by atoms with Crippen LogP contribution in [0.1, 0.15) is 36.2 Å². The quantitative estimate of drug-likeness (QED) is 0.846. The second-order valence-corrected chi connectivity index (χ2v) is 4.88. The minimum atomic E-state index is -1.44. The summed E-state index contributed by atoms with van der Waals surface area (Å²) >= 11 is 0. The summed E-state index contributed by atoms with van der Waals surface area (Å²) in [4.78, 5) is 4.09. The average molecular weight is 294 g/mol. The van der Waals surface area contributed by atoms with Gasteiger partial charge in [0.15, 0.2) is 17.5 Å². The highest BCUT2D eigenvalue weighted by molar-refractivity contribution is 5.33. The van der Waals surface area contributed by atoms with Crippen LogP contribution in [0.3, 0.4) is 0 Å². The van der Waals surface area contributed by atoms with Gasteiger partial charge in [-0.1, -0.05) is 13.0 Å². The van der Waals surface area contributed by atoms with E-state index in [0.717, 1.165) is 23.7 Å². The molecule has 1 atom stereocenters. The Bertz CT molecular complexity index is 629. The van der Waals surface area contributed by atoms with Crippen LogP contribution < -0.4 is 5.32 Å². The van der Waals surface area contributed by atoms with E-state index >= 15 is 0 Å². The van der Waals surface area contributed by atoms with Crippen LogP contribution in [0.2, 0.25) is 0 Å². The molecular formula is C16H17F3N2. The Balaban J connectivity index is 2.48. The van der Waals surface area contributed by atoms with E-state index < -0.39 is 23.5 Å². The van der Waals surface area contributed by atoms with Gasteiger partial charge in [-0.25, -0.2) is 13.2 Å². The van der Waals surface area contributed by atoms with E-state index in [4.69, 9.17) is 0 Å². The first-order valence-electron chi connectivity index (χ1n) is 6.84. The monoisotopic (exact) mass is 294 g/mol. The molecule has 0 saturated carbocycles. The summed E-state index contributed by atoms with van der Waals surface area (Å²) in [5.41, 5.74) is 1.63. The number of rotatable bonds is 5. The maximum absolute atomic E-state index is 14.1. The average Bonchev–Trinajstić information content (AvgIpc) is 2.47. The Hall–Kier alpha value is -1.88. The third-order valence-corrected chi connectivity index (χ3v) is 3.23. The zero-order valence-electron chi connectivity index (χ0n) is 12.0. The number of hydrogen-bond donors (Lipinski definition) is 1. The van der Waals surface area contributed by atoms with Crippen molar-refractivity contribution in [2.24, 2.45) is 0 Å². The highest BCUT2D eigenvalue weighted by Gasteiger charge is 2.22. The number of nitrogens with zero attached hydrogens (tertiary/aromatic N) is 1. The first-order valence-corrected chi connectivity index (χ1v) is 6.84. The normalized spacial score (nSPS) is 12.4. The van der Waals surface area contributed by atoms with Crippen LogP contribution in [-0.4, -0.2) is 11.5 Å². The third kappa shape index (κ3) is 3.42. The van der Waals surface area contributed by atoms with Gasteiger partial charge >= 0.3 is 0 Å². The van der Waals surface area contributed by atoms with E-state index in [1.165, 1.54) is 6.07 Å². The summed E-state index contributed by atoms with van der Waals surface area (Å²) in [6, 6.07) is 5.22. The molecule has 0 bridgehead atoms. The second kappa shape index (κ2) is 6.72. The maximum atomic E-state index is 14.1. The van der Waals surface area contributed by atoms with Crippen LogP contribution in [0.4, 0.5) is 13.2 Å². The number of nitrogens with one attached hydrogen (secondary N) is 1. The number of benzene rings is 1. The van der Waals surface area contributed by atoms with Crippen LogP contribution in [0.25, 0.3) is 0 Å². The third-order valence-electron chi connectivity index (χ3n) is 3.23. The molecule has 0 aliphatic carbocycles. The van der Waals surface area contributed by atoms with Gasteiger partial charge in [0, 0.05) is 17.5 Å². The highest BCUT2D eigenvalue weighted by atomic mass is 19.2. The van der Waals surface area contributed by atoms with Crippen molar-refractivity contribution >= 4 is 0 Å². The summed E-state index contributed by atoms with van der Waals surface area (Å²) in [6.07, 6.45) is 2.45.